The van der Waals surface area contributed by atoms with Crippen LogP contribution in [0.5, 0.6) is 0 Å². The fourth-order valence-electron chi connectivity index (χ4n) is 1.53. The van der Waals surface area contributed by atoms with Gasteiger partial charge in [0.2, 0.25) is 0 Å². The highest BCUT2D eigenvalue weighted by atomic mass is 16.4. The molecule has 0 aromatic heterocycles. The van der Waals surface area contributed by atoms with Crippen LogP contribution in [0.2, 0.25) is 0 Å². The zero-order valence-electron chi connectivity index (χ0n) is 9.56. The molecule has 0 spiro atoms. The van der Waals surface area contributed by atoms with Crippen LogP contribution in [-0.2, 0) is 4.79 Å². The molecule has 1 saturated heterocycles. The Hall–Kier alpha value is -1.30. The van der Waals surface area contributed by atoms with Crippen molar-refractivity contribution in [2.75, 3.05) is 13.1 Å². The number of aliphatic hydroxyl groups excluding tert-OH is 1. The van der Waals surface area contributed by atoms with Gasteiger partial charge in [0.05, 0.1) is 6.10 Å². The zero-order chi connectivity index (χ0) is 12.3. The van der Waals surface area contributed by atoms with Gasteiger partial charge in [-0.1, -0.05) is 6.92 Å². The molecule has 2 amide bonds. The van der Waals surface area contributed by atoms with Gasteiger partial charge in [0.25, 0.3) is 0 Å². The average Bonchev–Trinajstić information content (AvgIpc) is 2.64. The molecular weight excluding hydrogens is 212 g/mol. The summed E-state index contributed by atoms with van der Waals surface area (Å²) in [4.78, 5) is 24.1. The van der Waals surface area contributed by atoms with Crippen molar-refractivity contribution in [3.05, 3.63) is 0 Å². The minimum atomic E-state index is -1.25. The monoisotopic (exact) mass is 230 g/mol. The van der Waals surface area contributed by atoms with Crippen LogP contribution in [0.15, 0.2) is 0 Å². The maximum absolute atomic E-state index is 11.7. The average molecular weight is 230 g/mol. The van der Waals surface area contributed by atoms with Crippen LogP contribution in [-0.4, -0.2) is 51.8 Å². The van der Waals surface area contributed by atoms with Crippen molar-refractivity contribution < 1.29 is 19.8 Å². The van der Waals surface area contributed by atoms with Crippen LogP contribution in [0.1, 0.15) is 26.7 Å². The smallest absolute Gasteiger partial charge is 0.329 e. The fourth-order valence-corrected chi connectivity index (χ4v) is 1.53. The first kappa shape index (κ1) is 12.8. The molecule has 1 fully saturated rings. The lowest BCUT2D eigenvalue weighted by Gasteiger charge is -2.27. The van der Waals surface area contributed by atoms with E-state index in [4.69, 9.17) is 5.11 Å². The Kier molecular flexibility index (Phi) is 3.74. The topological polar surface area (TPSA) is 89.9 Å². The van der Waals surface area contributed by atoms with Crippen LogP contribution < -0.4 is 5.32 Å². The largest absolute Gasteiger partial charge is 0.480 e. The minimum Gasteiger partial charge on any atom is -0.480 e. The van der Waals surface area contributed by atoms with Gasteiger partial charge in [-0.05, 0) is 19.8 Å². The van der Waals surface area contributed by atoms with Gasteiger partial charge in [0.15, 0.2) is 0 Å². The van der Waals surface area contributed by atoms with E-state index in [-0.39, 0.29) is 6.54 Å². The van der Waals surface area contributed by atoms with Crippen LogP contribution in [0.25, 0.3) is 0 Å². The summed E-state index contributed by atoms with van der Waals surface area (Å²) >= 11 is 0. The molecule has 3 N–H and O–H groups in total. The third-order valence-electron chi connectivity index (χ3n) is 3.01. The van der Waals surface area contributed by atoms with Gasteiger partial charge in [-0.2, -0.15) is 0 Å². The summed E-state index contributed by atoms with van der Waals surface area (Å²) in [5.41, 5.74) is -1.25. The number of rotatable bonds is 3. The van der Waals surface area contributed by atoms with Crippen molar-refractivity contribution in [1.82, 2.24) is 10.2 Å². The van der Waals surface area contributed by atoms with E-state index in [9.17, 15) is 14.7 Å². The summed E-state index contributed by atoms with van der Waals surface area (Å²) < 4.78 is 0. The fraction of sp³-hybridized carbons (Fsp3) is 0.800. The van der Waals surface area contributed by atoms with Crippen molar-refractivity contribution in [3.8, 4) is 0 Å². The molecule has 1 aliphatic rings. The Balaban J connectivity index is 2.59. The quantitative estimate of drug-likeness (QED) is 0.637. The summed E-state index contributed by atoms with van der Waals surface area (Å²) in [5.74, 6) is -1.05. The predicted molar refractivity (Wildman–Crippen MR) is 57.1 cm³/mol. The highest BCUT2D eigenvalue weighted by Gasteiger charge is 2.35. The maximum Gasteiger partial charge on any atom is 0.329 e. The summed E-state index contributed by atoms with van der Waals surface area (Å²) in [5, 5.41) is 20.8. The number of nitrogens with one attached hydrogen (secondary N) is 1. The summed E-state index contributed by atoms with van der Waals surface area (Å²) in [6, 6.07) is -0.427. The second kappa shape index (κ2) is 4.69. The molecule has 0 bridgehead atoms. The molecule has 0 saturated carbocycles. The van der Waals surface area contributed by atoms with E-state index >= 15 is 0 Å². The number of amides is 2. The second-order valence-electron chi connectivity index (χ2n) is 4.31. The Labute approximate surface area is 94.2 Å². The van der Waals surface area contributed by atoms with E-state index in [1.165, 1.54) is 11.8 Å². The van der Waals surface area contributed by atoms with Crippen LogP contribution in [0.3, 0.4) is 0 Å². The van der Waals surface area contributed by atoms with Gasteiger partial charge < -0.3 is 20.4 Å². The molecular formula is C10H18N2O4. The number of aliphatic hydroxyl groups is 1. The highest BCUT2D eigenvalue weighted by Crippen LogP contribution is 2.13. The summed E-state index contributed by atoms with van der Waals surface area (Å²) in [6.07, 6.45) is 0.358. The van der Waals surface area contributed by atoms with Crippen molar-refractivity contribution in [3.63, 3.8) is 0 Å². The SMILES string of the molecule is CCC(C)(NC(=O)N1CCC(O)C1)C(=O)O. The Morgan fingerprint density at radius 3 is 2.56 bits per heavy atom. The maximum atomic E-state index is 11.7. The summed E-state index contributed by atoms with van der Waals surface area (Å²) in [6.45, 7) is 3.91. The molecule has 1 aliphatic heterocycles. The van der Waals surface area contributed by atoms with Gasteiger partial charge >= 0.3 is 12.0 Å². The number of hydrogen-bond acceptors (Lipinski definition) is 3. The molecule has 6 nitrogen and oxygen atoms in total. The molecule has 0 aliphatic carbocycles. The van der Waals surface area contributed by atoms with Gasteiger partial charge in [-0.25, -0.2) is 9.59 Å². The first-order valence-corrected chi connectivity index (χ1v) is 5.37. The standard InChI is InChI=1S/C10H18N2O4/c1-3-10(2,8(14)15)11-9(16)12-5-4-7(13)6-12/h7,13H,3-6H2,1-2H3,(H,11,16)(H,14,15). The van der Waals surface area contributed by atoms with E-state index < -0.39 is 23.6 Å². The van der Waals surface area contributed by atoms with Gasteiger partial charge in [-0.3, -0.25) is 0 Å². The predicted octanol–water partition coefficient (Wildman–Crippen LogP) is 0.0159. The third kappa shape index (κ3) is 2.63. The number of carbonyl (C=O) groups is 2. The second-order valence-corrected chi connectivity index (χ2v) is 4.31. The molecule has 1 heterocycles. The lowest BCUT2D eigenvalue weighted by Crippen LogP contribution is -2.55. The number of nitrogens with zero attached hydrogens (tertiary/aromatic N) is 1. The Morgan fingerprint density at radius 2 is 2.19 bits per heavy atom. The van der Waals surface area contributed by atoms with Crippen molar-refractivity contribution in [1.29, 1.82) is 0 Å². The van der Waals surface area contributed by atoms with Crippen molar-refractivity contribution in [2.45, 2.75) is 38.3 Å². The molecule has 2 unspecified atom stereocenters. The number of hydrogen-bond donors (Lipinski definition) is 3. The number of β-amino-alcohol motifs (C(OH)–C–C–N with tert-alkyl or cyclic N) is 1. The number of carbonyl (C=O) groups excluding carboxylic acids is 1. The molecule has 1 rings (SSSR count). The number of carboxylic acids is 1. The highest BCUT2D eigenvalue weighted by molar-refractivity contribution is 5.85. The first-order valence-electron chi connectivity index (χ1n) is 5.37. The molecule has 0 aromatic carbocycles. The Morgan fingerprint density at radius 1 is 1.56 bits per heavy atom. The number of carboxylic acid groups (broad SMARTS) is 1. The number of urea groups is 1. The third-order valence-corrected chi connectivity index (χ3v) is 3.01. The molecule has 2 atom stereocenters. The first-order chi connectivity index (χ1) is 7.39. The zero-order valence-corrected chi connectivity index (χ0v) is 9.56. The molecule has 16 heavy (non-hydrogen) atoms. The molecule has 0 aromatic rings. The number of likely N-dealkylation sites (tertiary alicyclic amines) is 1. The number of aliphatic carboxylic acids is 1. The Bertz CT molecular complexity index is 295. The normalized spacial score (nSPS) is 23.9. The van der Waals surface area contributed by atoms with Crippen molar-refractivity contribution in [2.24, 2.45) is 0 Å². The molecule has 92 valence electrons. The lowest BCUT2D eigenvalue weighted by molar-refractivity contribution is -0.143. The van der Waals surface area contributed by atoms with Gasteiger partial charge in [-0.15, -0.1) is 0 Å². The van der Waals surface area contributed by atoms with E-state index in [0.29, 0.717) is 19.4 Å². The van der Waals surface area contributed by atoms with Gasteiger partial charge in [0.1, 0.15) is 5.54 Å². The van der Waals surface area contributed by atoms with E-state index in [0.717, 1.165) is 0 Å². The van der Waals surface area contributed by atoms with Crippen LogP contribution in [0.4, 0.5) is 4.79 Å². The van der Waals surface area contributed by atoms with Crippen LogP contribution >= 0.6 is 0 Å². The lowest BCUT2D eigenvalue weighted by atomic mass is 10.00. The minimum absolute atomic E-state index is 0.269. The van der Waals surface area contributed by atoms with Crippen molar-refractivity contribution >= 4 is 12.0 Å². The molecule has 6 heteroatoms. The van der Waals surface area contributed by atoms with E-state index in [1.807, 2.05) is 0 Å². The van der Waals surface area contributed by atoms with Crippen LogP contribution in [0, 0.1) is 0 Å². The van der Waals surface area contributed by atoms with E-state index in [2.05, 4.69) is 5.32 Å². The van der Waals surface area contributed by atoms with E-state index in [1.54, 1.807) is 6.92 Å². The summed E-state index contributed by atoms with van der Waals surface area (Å²) in [7, 11) is 0. The molecule has 0 radical (unpaired) electrons. The van der Waals surface area contributed by atoms with Gasteiger partial charge in [0, 0.05) is 13.1 Å².